The van der Waals surface area contributed by atoms with E-state index in [9.17, 15) is 14.3 Å². The average Bonchev–Trinajstić information content (AvgIpc) is 2.64. The van der Waals surface area contributed by atoms with Crippen LogP contribution in [0.15, 0.2) is 60.7 Å². The van der Waals surface area contributed by atoms with Gasteiger partial charge in [0.2, 0.25) is 0 Å². The highest BCUT2D eigenvalue weighted by molar-refractivity contribution is 5.94. The number of pyridine rings is 1. The molecule has 0 fully saturated rings. The maximum atomic E-state index is 12.9. The summed E-state index contributed by atoms with van der Waals surface area (Å²) < 4.78 is 18.6. The standard InChI is InChI=1S/C21H18FNO3/c1-14-2-11-19(20(23-14)21(24)25)16-5-9-18(10-6-16)26-13-12-15-3-7-17(22)8-4-15/h2-11H,12-13H2,1H3,(H,24,25). The zero-order valence-electron chi connectivity index (χ0n) is 14.3. The number of halogens is 1. The van der Waals surface area contributed by atoms with Gasteiger partial charge in [-0.15, -0.1) is 0 Å². The number of nitrogens with zero attached hydrogens (tertiary/aromatic N) is 1. The predicted octanol–water partition coefficient (Wildman–Crippen LogP) is 4.52. The monoisotopic (exact) mass is 351 g/mol. The topological polar surface area (TPSA) is 59.4 Å². The molecule has 2 aromatic carbocycles. The Morgan fingerprint density at radius 3 is 2.38 bits per heavy atom. The quantitative estimate of drug-likeness (QED) is 0.709. The number of ether oxygens (including phenoxy) is 1. The summed E-state index contributed by atoms with van der Waals surface area (Å²) in [6.07, 6.45) is 0.674. The molecule has 4 nitrogen and oxygen atoms in total. The van der Waals surface area contributed by atoms with Crippen molar-refractivity contribution in [3.8, 4) is 16.9 Å². The molecular formula is C21H18FNO3. The fourth-order valence-electron chi connectivity index (χ4n) is 2.62. The first-order valence-electron chi connectivity index (χ1n) is 8.21. The minimum atomic E-state index is -1.05. The third-order valence-corrected chi connectivity index (χ3v) is 3.98. The lowest BCUT2D eigenvalue weighted by Gasteiger charge is -2.09. The second kappa shape index (κ2) is 7.78. The maximum absolute atomic E-state index is 12.9. The molecule has 0 aliphatic carbocycles. The predicted molar refractivity (Wildman–Crippen MR) is 97.0 cm³/mol. The van der Waals surface area contributed by atoms with E-state index in [0.29, 0.717) is 30.0 Å². The summed E-state index contributed by atoms with van der Waals surface area (Å²) in [5, 5.41) is 9.34. The minimum absolute atomic E-state index is 0.0370. The molecule has 5 heteroatoms. The normalized spacial score (nSPS) is 10.5. The van der Waals surface area contributed by atoms with Gasteiger partial charge in [0.05, 0.1) is 6.61 Å². The van der Waals surface area contributed by atoms with Crippen LogP contribution in [0.25, 0.3) is 11.1 Å². The van der Waals surface area contributed by atoms with Crippen molar-refractivity contribution in [3.05, 3.63) is 83.4 Å². The number of aromatic nitrogens is 1. The van der Waals surface area contributed by atoms with Crippen molar-refractivity contribution in [3.63, 3.8) is 0 Å². The molecular weight excluding hydrogens is 333 g/mol. The molecule has 0 saturated carbocycles. The molecule has 0 atom stereocenters. The van der Waals surface area contributed by atoms with Crippen LogP contribution in [0.3, 0.4) is 0 Å². The molecule has 1 heterocycles. The highest BCUT2D eigenvalue weighted by atomic mass is 19.1. The Morgan fingerprint density at radius 1 is 1.04 bits per heavy atom. The van der Waals surface area contributed by atoms with Crippen LogP contribution in [-0.4, -0.2) is 22.7 Å². The molecule has 0 radical (unpaired) electrons. The molecule has 3 aromatic rings. The largest absolute Gasteiger partial charge is 0.493 e. The van der Waals surface area contributed by atoms with Crippen LogP contribution in [0.2, 0.25) is 0 Å². The van der Waals surface area contributed by atoms with Crippen LogP contribution in [0.1, 0.15) is 21.7 Å². The fourth-order valence-corrected chi connectivity index (χ4v) is 2.62. The number of hydrogen-bond acceptors (Lipinski definition) is 3. The summed E-state index contributed by atoms with van der Waals surface area (Å²) in [5.74, 6) is -0.618. The van der Waals surface area contributed by atoms with E-state index in [-0.39, 0.29) is 11.5 Å². The summed E-state index contributed by atoms with van der Waals surface area (Å²) in [6, 6.07) is 17.1. The van der Waals surface area contributed by atoms with E-state index in [4.69, 9.17) is 4.74 Å². The van der Waals surface area contributed by atoms with E-state index in [1.54, 1.807) is 43.3 Å². The Kier molecular flexibility index (Phi) is 5.27. The van der Waals surface area contributed by atoms with Gasteiger partial charge in [-0.3, -0.25) is 0 Å². The summed E-state index contributed by atoms with van der Waals surface area (Å²) in [4.78, 5) is 15.5. The molecule has 1 N–H and O–H groups in total. The van der Waals surface area contributed by atoms with Gasteiger partial charge in [0.1, 0.15) is 11.6 Å². The van der Waals surface area contributed by atoms with Crippen LogP contribution in [-0.2, 0) is 6.42 Å². The van der Waals surface area contributed by atoms with Crippen molar-refractivity contribution in [2.75, 3.05) is 6.61 Å². The lowest BCUT2D eigenvalue weighted by atomic mass is 10.0. The van der Waals surface area contributed by atoms with Gasteiger partial charge >= 0.3 is 5.97 Å². The molecule has 0 amide bonds. The van der Waals surface area contributed by atoms with E-state index in [1.807, 2.05) is 12.1 Å². The van der Waals surface area contributed by atoms with Crippen molar-refractivity contribution in [2.24, 2.45) is 0 Å². The second-order valence-electron chi connectivity index (χ2n) is 5.90. The molecule has 0 aliphatic heterocycles. The van der Waals surface area contributed by atoms with Gasteiger partial charge in [-0.25, -0.2) is 14.2 Å². The Bertz CT molecular complexity index is 906. The number of carboxylic acid groups (broad SMARTS) is 1. The Hall–Kier alpha value is -3.21. The molecule has 1 aromatic heterocycles. The van der Waals surface area contributed by atoms with Crippen LogP contribution >= 0.6 is 0 Å². The third kappa shape index (κ3) is 4.25. The van der Waals surface area contributed by atoms with E-state index in [2.05, 4.69) is 4.98 Å². The summed E-state index contributed by atoms with van der Waals surface area (Å²) >= 11 is 0. The third-order valence-electron chi connectivity index (χ3n) is 3.98. The van der Waals surface area contributed by atoms with Crippen molar-refractivity contribution in [1.29, 1.82) is 0 Å². The first-order chi connectivity index (χ1) is 12.5. The van der Waals surface area contributed by atoms with Crippen LogP contribution < -0.4 is 4.74 Å². The van der Waals surface area contributed by atoms with Gasteiger partial charge in [-0.05, 0) is 48.4 Å². The Balaban J connectivity index is 1.67. The number of aromatic carboxylic acids is 1. The molecule has 132 valence electrons. The molecule has 0 aliphatic rings. The Morgan fingerprint density at radius 2 is 1.73 bits per heavy atom. The summed E-state index contributed by atoms with van der Waals surface area (Å²) in [5.41, 5.74) is 3.03. The number of carboxylic acids is 1. The summed E-state index contributed by atoms with van der Waals surface area (Å²) in [7, 11) is 0. The van der Waals surface area contributed by atoms with Crippen molar-refractivity contribution in [1.82, 2.24) is 4.98 Å². The number of benzene rings is 2. The smallest absolute Gasteiger partial charge is 0.355 e. The number of carbonyl (C=O) groups is 1. The van der Waals surface area contributed by atoms with Crippen LogP contribution in [0.5, 0.6) is 5.75 Å². The Labute approximate surface area is 150 Å². The molecule has 0 bridgehead atoms. The first kappa shape index (κ1) is 17.6. The van der Waals surface area contributed by atoms with Gasteiger partial charge in [-0.1, -0.05) is 30.3 Å². The fraction of sp³-hybridized carbons (Fsp3) is 0.143. The van der Waals surface area contributed by atoms with Gasteiger partial charge in [0.25, 0.3) is 0 Å². The van der Waals surface area contributed by atoms with Crippen molar-refractivity contribution < 1.29 is 19.0 Å². The SMILES string of the molecule is Cc1ccc(-c2ccc(OCCc3ccc(F)cc3)cc2)c(C(=O)O)n1. The molecule has 0 spiro atoms. The molecule has 3 rings (SSSR count). The van der Waals surface area contributed by atoms with Crippen LogP contribution in [0.4, 0.5) is 4.39 Å². The van der Waals surface area contributed by atoms with E-state index < -0.39 is 5.97 Å². The number of hydrogen-bond donors (Lipinski definition) is 1. The minimum Gasteiger partial charge on any atom is -0.493 e. The number of rotatable bonds is 6. The van der Waals surface area contributed by atoms with Gasteiger partial charge < -0.3 is 9.84 Å². The van der Waals surface area contributed by atoms with Gasteiger partial charge in [0, 0.05) is 17.7 Å². The zero-order valence-corrected chi connectivity index (χ0v) is 14.3. The number of aryl methyl sites for hydroxylation is 1. The highest BCUT2D eigenvalue weighted by Gasteiger charge is 2.13. The molecule has 26 heavy (non-hydrogen) atoms. The van der Waals surface area contributed by atoms with Crippen LogP contribution in [0, 0.1) is 12.7 Å². The molecule has 0 unspecified atom stereocenters. The van der Waals surface area contributed by atoms with Crippen molar-refractivity contribution in [2.45, 2.75) is 13.3 Å². The summed E-state index contributed by atoms with van der Waals surface area (Å²) in [6.45, 7) is 2.23. The van der Waals surface area contributed by atoms with Crippen molar-refractivity contribution >= 4 is 5.97 Å². The lowest BCUT2D eigenvalue weighted by molar-refractivity contribution is 0.0691. The van der Waals surface area contributed by atoms with Gasteiger partial charge in [-0.2, -0.15) is 0 Å². The molecule has 0 saturated heterocycles. The van der Waals surface area contributed by atoms with Gasteiger partial charge in [0.15, 0.2) is 5.69 Å². The maximum Gasteiger partial charge on any atom is 0.355 e. The highest BCUT2D eigenvalue weighted by Crippen LogP contribution is 2.25. The first-order valence-corrected chi connectivity index (χ1v) is 8.21. The second-order valence-corrected chi connectivity index (χ2v) is 5.90. The van der Waals surface area contributed by atoms with E-state index in [0.717, 1.165) is 11.1 Å². The average molecular weight is 351 g/mol. The van der Waals surface area contributed by atoms with E-state index >= 15 is 0 Å². The van der Waals surface area contributed by atoms with E-state index in [1.165, 1.54) is 12.1 Å². The lowest BCUT2D eigenvalue weighted by Crippen LogP contribution is -2.04. The zero-order chi connectivity index (χ0) is 18.5.